The molecule has 16 nitrogen and oxygen atoms in total. The van der Waals surface area contributed by atoms with Crippen LogP contribution in [0.5, 0.6) is 23.0 Å². The van der Waals surface area contributed by atoms with Crippen molar-refractivity contribution in [3.63, 3.8) is 0 Å². The van der Waals surface area contributed by atoms with Crippen molar-refractivity contribution in [3.05, 3.63) is 47.5 Å². The highest BCUT2D eigenvalue weighted by molar-refractivity contribution is 6.05. The zero-order valence-electron chi connectivity index (χ0n) is 23.2. The van der Waals surface area contributed by atoms with Gasteiger partial charge in [-0.05, 0) is 17.7 Å². The number of hydrogen-bond acceptors (Lipinski definition) is 16. The minimum absolute atomic E-state index is 0.0501. The van der Waals surface area contributed by atoms with Crippen LogP contribution < -0.4 is 18.9 Å². The number of ketones is 1. The van der Waals surface area contributed by atoms with Gasteiger partial charge in [0.15, 0.2) is 12.2 Å². The van der Waals surface area contributed by atoms with Crippen LogP contribution in [0.15, 0.2) is 36.4 Å². The summed E-state index contributed by atoms with van der Waals surface area (Å²) in [5, 5.41) is 90.6. The Morgan fingerprint density at radius 3 is 1.77 bits per heavy atom. The SMILES string of the molecule is COc1cc(O[C@@H]2O[C@H](CO)[C@@H](O)[C@H](O)[C@H]2O)c2c(c1)O[C@H](c1ccc(O[C@@H]3O[C@H](CO)[C@@H](O)[C@H](O)[C@H]3O)cc1)[C@@H](O)C2=O. The molecule has 9 N–H and O–H groups in total. The van der Waals surface area contributed by atoms with Crippen LogP contribution in [0.4, 0.5) is 0 Å². The molecule has 16 heteroatoms. The summed E-state index contributed by atoms with van der Waals surface area (Å²) in [7, 11) is 1.34. The fourth-order valence-corrected chi connectivity index (χ4v) is 5.17. The Labute approximate surface area is 249 Å². The van der Waals surface area contributed by atoms with Crippen LogP contribution in [0, 0.1) is 0 Å². The topological polar surface area (TPSA) is 255 Å². The van der Waals surface area contributed by atoms with Crippen LogP contribution in [0.25, 0.3) is 0 Å². The number of aliphatic hydroxyl groups is 9. The second-order valence-corrected chi connectivity index (χ2v) is 10.5. The number of benzene rings is 2. The highest BCUT2D eigenvalue weighted by atomic mass is 16.7. The minimum Gasteiger partial charge on any atom is -0.496 e. The van der Waals surface area contributed by atoms with Crippen molar-refractivity contribution in [1.29, 1.82) is 0 Å². The molecule has 2 aromatic carbocycles. The molecule has 44 heavy (non-hydrogen) atoms. The number of rotatable bonds is 8. The number of aliphatic hydroxyl groups excluding tert-OH is 9. The maximum atomic E-state index is 13.4. The van der Waals surface area contributed by atoms with Gasteiger partial charge >= 0.3 is 0 Å². The Morgan fingerprint density at radius 2 is 1.25 bits per heavy atom. The van der Waals surface area contributed by atoms with E-state index >= 15 is 0 Å². The molecule has 3 aliphatic heterocycles. The van der Waals surface area contributed by atoms with E-state index in [9.17, 15) is 50.8 Å². The highest BCUT2D eigenvalue weighted by Crippen LogP contribution is 2.43. The van der Waals surface area contributed by atoms with Crippen molar-refractivity contribution in [2.24, 2.45) is 0 Å². The molecular formula is C28H34O16. The molecule has 2 fully saturated rings. The first-order chi connectivity index (χ1) is 21.0. The van der Waals surface area contributed by atoms with Crippen LogP contribution in [0.3, 0.4) is 0 Å². The minimum atomic E-state index is -1.77. The fourth-order valence-electron chi connectivity index (χ4n) is 5.17. The molecular weight excluding hydrogens is 592 g/mol. The van der Waals surface area contributed by atoms with Crippen molar-refractivity contribution >= 4 is 5.78 Å². The molecule has 12 atom stereocenters. The summed E-state index contributed by atoms with van der Waals surface area (Å²) in [5.74, 6) is -0.790. The molecule has 0 amide bonds. The van der Waals surface area contributed by atoms with Crippen LogP contribution in [0.2, 0.25) is 0 Å². The van der Waals surface area contributed by atoms with Gasteiger partial charge in [0.05, 0.1) is 20.3 Å². The third-order valence-electron chi connectivity index (χ3n) is 7.73. The first kappa shape index (κ1) is 32.3. The molecule has 242 valence electrons. The predicted molar refractivity (Wildman–Crippen MR) is 142 cm³/mol. The number of Topliss-reactive ketones (excluding diaryl/α,β-unsaturated/α-hetero) is 1. The lowest BCUT2D eigenvalue weighted by Gasteiger charge is -2.40. The molecule has 0 saturated carbocycles. The van der Waals surface area contributed by atoms with Crippen molar-refractivity contribution in [2.75, 3.05) is 20.3 Å². The molecule has 0 aliphatic carbocycles. The lowest BCUT2D eigenvalue weighted by molar-refractivity contribution is -0.277. The summed E-state index contributed by atoms with van der Waals surface area (Å²) in [5.41, 5.74) is 0.117. The van der Waals surface area contributed by atoms with Crippen LogP contribution in [-0.2, 0) is 9.47 Å². The molecule has 3 heterocycles. The van der Waals surface area contributed by atoms with Crippen LogP contribution in [0.1, 0.15) is 22.0 Å². The zero-order valence-corrected chi connectivity index (χ0v) is 23.2. The van der Waals surface area contributed by atoms with Gasteiger partial charge in [-0.15, -0.1) is 0 Å². The molecule has 0 unspecified atom stereocenters. The van der Waals surface area contributed by atoms with E-state index in [1.54, 1.807) is 0 Å². The second-order valence-electron chi connectivity index (χ2n) is 10.5. The predicted octanol–water partition coefficient (Wildman–Crippen LogP) is -3.27. The Kier molecular flexibility index (Phi) is 9.59. The summed E-state index contributed by atoms with van der Waals surface area (Å²) in [4.78, 5) is 13.4. The lowest BCUT2D eigenvalue weighted by Crippen LogP contribution is -2.60. The average Bonchev–Trinajstić information content (AvgIpc) is 3.03. The molecule has 2 saturated heterocycles. The smallest absolute Gasteiger partial charge is 0.229 e. The Hall–Kier alpha value is -3.13. The lowest BCUT2D eigenvalue weighted by atomic mass is 9.92. The average molecular weight is 627 g/mol. The molecule has 3 aliphatic rings. The van der Waals surface area contributed by atoms with E-state index in [4.69, 9.17) is 28.4 Å². The van der Waals surface area contributed by atoms with Gasteiger partial charge in [0.2, 0.25) is 18.4 Å². The standard InChI is InChI=1S/C28H34O16/c1-39-12-6-13-17(14(7-12)42-28-25(38)22(35)19(32)16(9-30)44-28)20(33)23(36)26(41-13)10-2-4-11(5-3-10)40-27-24(37)21(34)18(31)15(8-29)43-27/h2-7,15-16,18-19,21-32,34-38H,8-9H2,1H3/t15-,16-,18-,19-,21+,22+,23+,24-,25-,26-,27-,28-/m1/s1. The van der Waals surface area contributed by atoms with Gasteiger partial charge in [0, 0.05) is 12.1 Å². The Balaban J connectivity index is 1.36. The van der Waals surface area contributed by atoms with Crippen molar-refractivity contribution in [3.8, 4) is 23.0 Å². The van der Waals surface area contributed by atoms with E-state index in [1.807, 2.05) is 0 Å². The molecule has 0 radical (unpaired) electrons. The van der Waals surface area contributed by atoms with Crippen molar-refractivity contribution in [1.82, 2.24) is 0 Å². The maximum Gasteiger partial charge on any atom is 0.229 e. The number of ether oxygens (including phenoxy) is 6. The molecule has 0 spiro atoms. The fraction of sp³-hybridized carbons (Fsp3) is 0.536. The largest absolute Gasteiger partial charge is 0.496 e. The van der Waals surface area contributed by atoms with E-state index < -0.39 is 92.6 Å². The van der Waals surface area contributed by atoms with Gasteiger partial charge in [-0.25, -0.2) is 0 Å². The summed E-state index contributed by atoms with van der Waals surface area (Å²) >= 11 is 0. The van der Waals surface area contributed by atoms with Crippen molar-refractivity contribution < 1.29 is 79.2 Å². The summed E-state index contributed by atoms with van der Waals surface area (Å²) in [6.07, 6.45) is -18.4. The molecule has 0 bridgehead atoms. The van der Waals surface area contributed by atoms with E-state index in [0.717, 1.165) is 0 Å². The normalized spacial score (nSPS) is 37.1. The van der Waals surface area contributed by atoms with E-state index in [-0.39, 0.29) is 28.6 Å². The first-order valence-corrected chi connectivity index (χ1v) is 13.6. The van der Waals surface area contributed by atoms with Gasteiger partial charge in [0.1, 0.15) is 77.4 Å². The number of carbonyl (C=O) groups is 1. The third kappa shape index (κ3) is 5.94. The van der Waals surface area contributed by atoms with E-state index in [1.165, 1.54) is 43.5 Å². The van der Waals surface area contributed by atoms with Gasteiger partial charge in [-0.2, -0.15) is 0 Å². The highest BCUT2D eigenvalue weighted by Gasteiger charge is 2.47. The van der Waals surface area contributed by atoms with Crippen LogP contribution in [-0.4, -0.2) is 140 Å². The summed E-state index contributed by atoms with van der Waals surface area (Å²) in [6, 6.07) is 8.44. The second kappa shape index (κ2) is 13.1. The third-order valence-corrected chi connectivity index (χ3v) is 7.73. The van der Waals surface area contributed by atoms with Gasteiger partial charge in [-0.3, -0.25) is 4.79 Å². The molecule has 5 rings (SSSR count). The monoisotopic (exact) mass is 626 g/mol. The molecule has 0 aromatic heterocycles. The summed E-state index contributed by atoms with van der Waals surface area (Å²) in [6.45, 7) is -1.33. The number of fused-ring (bicyclic) bond motifs is 1. The number of hydrogen-bond donors (Lipinski definition) is 9. The van der Waals surface area contributed by atoms with E-state index in [0.29, 0.717) is 5.56 Å². The zero-order chi connectivity index (χ0) is 31.9. The van der Waals surface area contributed by atoms with Gasteiger partial charge in [-0.1, -0.05) is 12.1 Å². The Bertz CT molecular complexity index is 1300. The maximum absolute atomic E-state index is 13.4. The van der Waals surface area contributed by atoms with E-state index in [2.05, 4.69) is 0 Å². The van der Waals surface area contributed by atoms with Gasteiger partial charge < -0.3 is 74.4 Å². The Morgan fingerprint density at radius 1 is 0.705 bits per heavy atom. The van der Waals surface area contributed by atoms with Gasteiger partial charge in [0.25, 0.3) is 0 Å². The van der Waals surface area contributed by atoms with Crippen molar-refractivity contribution in [2.45, 2.75) is 73.6 Å². The number of carbonyl (C=O) groups excluding carboxylic acids is 1. The molecule has 2 aromatic rings. The quantitative estimate of drug-likeness (QED) is 0.139. The summed E-state index contributed by atoms with van der Waals surface area (Å²) < 4.78 is 33.3. The first-order valence-electron chi connectivity index (χ1n) is 13.6. The van der Waals surface area contributed by atoms with Crippen LogP contribution >= 0.6 is 0 Å². The number of methoxy groups -OCH3 is 1.